The minimum atomic E-state index is 0.415. The fraction of sp³-hybridized carbons (Fsp3) is 0.484. The highest BCUT2D eigenvalue weighted by atomic mass is 15.4. The Morgan fingerprint density at radius 1 is 0.667 bits per heavy atom. The molecule has 3 fully saturated rings. The van der Waals surface area contributed by atoms with Crippen molar-refractivity contribution in [2.24, 2.45) is 0 Å². The Balaban J connectivity index is 1.38. The summed E-state index contributed by atoms with van der Waals surface area (Å²) in [5.41, 5.74) is 4.89. The molecule has 0 aliphatic heterocycles. The molecule has 3 saturated carbocycles. The Morgan fingerprint density at radius 2 is 1.31 bits per heavy atom. The summed E-state index contributed by atoms with van der Waals surface area (Å²) in [6.45, 7) is 0. The van der Waals surface area contributed by atoms with Gasteiger partial charge in [-0.05, 0) is 56.2 Å². The largest absolute Gasteiger partial charge is 0.367 e. The van der Waals surface area contributed by atoms with Crippen LogP contribution < -0.4 is 16.0 Å². The third kappa shape index (κ3) is 5.16. The van der Waals surface area contributed by atoms with Crippen molar-refractivity contribution in [3.8, 4) is 22.4 Å². The van der Waals surface area contributed by atoms with Crippen molar-refractivity contribution in [3.05, 3.63) is 48.7 Å². The molecule has 1 aromatic carbocycles. The molecule has 4 aromatic rings. The van der Waals surface area contributed by atoms with Gasteiger partial charge in [0.15, 0.2) is 5.65 Å². The predicted octanol–water partition coefficient (Wildman–Crippen LogP) is 6.92. The van der Waals surface area contributed by atoms with Gasteiger partial charge >= 0.3 is 0 Å². The SMILES string of the molecule is c1ccc(-c2nn3c(NC4CCCC4)nc(NC4CCCC4)nc3c2-c2ccnc(NC3CCCC3)c2)cc1. The molecule has 8 heteroatoms. The Labute approximate surface area is 230 Å². The minimum absolute atomic E-state index is 0.415. The van der Waals surface area contributed by atoms with Crippen LogP contribution in [0.3, 0.4) is 0 Å². The van der Waals surface area contributed by atoms with E-state index in [1.807, 2.05) is 16.8 Å². The molecule has 7 rings (SSSR count). The molecular formula is C31H38N8. The maximum atomic E-state index is 5.17. The molecule has 3 heterocycles. The average Bonchev–Trinajstić information content (AvgIpc) is 3.78. The summed E-state index contributed by atoms with van der Waals surface area (Å²) in [4.78, 5) is 14.8. The average molecular weight is 523 g/mol. The van der Waals surface area contributed by atoms with Crippen LogP contribution in [0.5, 0.6) is 0 Å². The summed E-state index contributed by atoms with van der Waals surface area (Å²) in [6, 6.07) is 16.0. The van der Waals surface area contributed by atoms with Crippen LogP contribution in [0.15, 0.2) is 48.7 Å². The molecule has 39 heavy (non-hydrogen) atoms. The lowest BCUT2D eigenvalue weighted by Crippen LogP contribution is -2.22. The normalized spacial score (nSPS) is 18.8. The first kappa shape index (κ1) is 24.4. The van der Waals surface area contributed by atoms with Crippen LogP contribution in [0.1, 0.15) is 77.0 Å². The summed E-state index contributed by atoms with van der Waals surface area (Å²) >= 11 is 0. The second-order valence-corrected chi connectivity index (χ2v) is 11.5. The van der Waals surface area contributed by atoms with Gasteiger partial charge in [0.25, 0.3) is 0 Å². The molecule has 0 spiro atoms. The van der Waals surface area contributed by atoms with E-state index >= 15 is 0 Å². The number of rotatable bonds is 8. The minimum Gasteiger partial charge on any atom is -0.367 e. The molecule has 0 amide bonds. The fourth-order valence-corrected chi connectivity index (χ4v) is 6.60. The highest BCUT2D eigenvalue weighted by Gasteiger charge is 2.25. The summed E-state index contributed by atoms with van der Waals surface area (Å²) in [5.74, 6) is 2.38. The van der Waals surface area contributed by atoms with Gasteiger partial charge in [-0.3, -0.25) is 0 Å². The Kier molecular flexibility index (Phi) is 6.77. The van der Waals surface area contributed by atoms with E-state index in [1.165, 1.54) is 64.2 Å². The van der Waals surface area contributed by atoms with Crippen molar-refractivity contribution < 1.29 is 0 Å². The van der Waals surface area contributed by atoms with Gasteiger partial charge in [0.2, 0.25) is 11.9 Å². The zero-order valence-electron chi connectivity index (χ0n) is 22.6. The smallest absolute Gasteiger partial charge is 0.229 e. The molecule has 0 bridgehead atoms. The van der Waals surface area contributed by atoms with E-state index in [4.69, 9.17) is 15.1 Å². The van der Waals surface area contributed by atoms with Crippen LogP contribution in [-0.2, 0) is 0 Å². The van der Waals surface area contributed by atoms with Gasteiger partial charge in [0, 0.05) is 29.9 Å². The molecule has 0 atom stereocenters. The highest BCUT2D eigenvalue weighted by Crippen LogP contribution is 2.37. The summed E-state index contributed by atoms with van der Waals surface area (Å²) < 4.78 is 1.93. The number of anilines is 3. The first-order chi connectivity index (χ1) is 19.3. The van der Waals surface area contributed by atoms with Gasteiger partial charge in [-0.25, -0.2) is 4.98 Å². The van der Waals surface area contributed by atoms with E-state index < -0.39 is 0 Å². The van der Waals surface area contributed by atoms with Crippen LogP contribution in [0.2, 0.25) is 0 Å². The van der Waals surface area contributed by atoms with Crippen LogP contribution >= 0.6 is 0 Å². The molecule has 3 aromatic heterocycles. The molecule has 3 aliphatic carbocycles. The van der Waals surface area contributed by atoms with Crippen molar-refractivity contribution in [1.29, 1.82) is 0 Å². The van der Waals surface area contributed by atoms with Crippen molar-refractivity contribution in [2.45, 2.75) is 95.2 Å². The maximum absolute atomic E-state index is 5.17. The van der Waals surface area contributed by atoms with Gasteiger partial charge in [0.1, 0.15) is 11.5 Å². The number of hydrogen-bond acceptors (Lipinski definition) is 7. The molecule has 0 radical (unpaired) electrons. The first-order valence-corrected chi connectivity index (χ1v) is 14.9. The van der Waals surface area contributed by atoms with E-state index in [9.17, 15) is 0 Å². The topological polar surface area (TPSA) is 92.1 Å². The second kappa shape index (κ2) is 10.8. The summed E-state index contributed by atoms with van der Waals surface area (Å²) in [7, 11) is 0. The molecule has 8 nitrogen and oxygen atoms in total. The van der Waals surface area contributed by atoms with Crippen molar-refractivity contribution in [3.63, 3.8) is 0 Å². The van der Waals surface area contributed by atoms with Gasteiger partial charge in [-0.2, -0.15) is 19.6 Å². The number of pyridine rings is 1. The van der Waals surface area contributed by atoms with E-state index in [-0.39, 0.29) is 0 Å². The monoisotopic (exact) mass is 522 g/mol. The highest BCUT2D eigenvalue weighted by molar-refractivity contribution is 5.91. The maximum Gasteiger partial charge on any atom is 0.229 e. The van der Waals surface area contributed by atoms with Crippen molar-refractivity contribution in [1.82, 2.24) is 24.6 Å². The number of fused-ring (bicyclic) bond motifs is 1. The van der Waals surface area contributed by atoms with Crippen LogP contribution in [-0.4, -0.2) is 42.7 Å². The zero-order valence-corrected chi connectivity index (χ0v) is 22.6. The third-order valence-corrected chi connectivity index (χ3v) is 8.67. The van der Waals surface area contributed by atoms with Gasteiger partial charge in [-0.1, -0.05) is 68.9 Å². The number of benzene rings is 1. The second-order valence-electron chi connectivity index (χ2n) is 11.5. The number of aromatic nitrogens is 5. The molecule has 0 saturated heterocycles. The van der Waals surface area contributed by atoms with Crippen molar-refractivity contribution >= 4 is 23.4 Å². The molecule has 3 aliphatic rings. The van der Waals surface area contributed by atoms with E-state index in [0.717, 1.165) is 52.6 Å². The van der Waals surface area contributed by atoms with E-state index in [2.05, 4.69) is 57.3 Å². The molecule has 3 N–H and O–H groups in total. The van der Waals surface area contributed by atoms with E-state index in [0.29, 0.717) is 24.1 Å². The van der Waals surface area contributed by atoms with Crippen LogP contribution in [0.4, 0.5) is 17.7 Å². The number of hydrogen-bond donors (Lipinski definition) is 3. The molecule has 0 unspecified atom stereocenters. The van der Waals surface area contributed by atoms with Gasteiger partial charge < -0.3 is 16.0 Å². The Bertz CT molecular complexity index is 1410. The standard InChI is InChI=1S/C31H38N8/c1-2-10-21(11-3-1)28-27(22-18-19-32-26(20-22)33-23-12-4-5-13-23)29-36-30(34-24-14-6-7-15-24)37-31(39(29)38-28)35-25-16-8-9-17-25/h1-3,10-11,18-20,23-25H,4-9,12-17H2,(H,32,33)(H2,34,35,36,37). The predicted molar refractivity (Wildman–Crippen MR) is 157 cm³/mol. The first-order valence-electron chi connectivity index (χ1n) is 14.9. The summed E-state index contributed by atoms with van der Waals surface area (Å²) in [6.07, 6.45) is 16.6. The number of nitrogens with one attached hydrogen (secondary N) is 3. The van der Waals surface area contributed by atoms with Gasteiger partial charge in [-0.15, -0.1) is 0 Å². The fourth-order valence-electron chi connectivity index (χ4n) is 6.60. The van der Waals surface area contributed by atoms with Crippen molar-refractivity contribution in [2.75, 3.05) is 16.0 Å². The Hall–Kier alpha value is -3.68. The lowest BCUT2D eigenvalue weighted by atomic mass is 10.0. The molecule has 202 valence electrons. The summed E-state index contributed by atoms with van der Waals surface area (Å²) in [5, 5.41) is 16.2. The van der Waals surface area contributed by atoms with Crippen LogP contribution in [0, 0.1) is 0 Å². The van der Waals surface area contributed by atoms with Crippen LogP contribution in [0.25, 0.3) is 28.0 Å². The van der Waals surface area contributed by atoms with E-state index in [1.54, 1.807) is 0 Å². The Morgan fingerprint density at radius 3 is 2.00 bits per heavy atom. The molecular weight excluding hydrogens is 484 g/mol. The lowest BCUT2D eigenvalue weighted by Gasteiger charge is -2.17. The quantitative estimate of drug-likeness (QED) is 0.231. The zero-order chi connectivity index (χ0) is 26.0. The van der Waals surface area contributed by atoms with Gasteiger partial charge in [0.05, 0.1) is 5.56 Å². The lowest BCUT2D eigenvalue weighted by molar-refractivity contribution is 0.720. The third-order valence-electron chi connectivity index (χ3n) is 8.67. The number of nitrogens with zero attached hydrogens (tertiary/aromatic N) is 5.